The van der Waals surface area contributed by atoms with Crippen LogP contribution in [-0.2, 0) is 4.79 Å². The first kappa shape index (κ1) is 10.8. The molecule has 4 heteroatoms. The minimum atomic E-state index is -0.345. The largest absolute Gasteiger partial charge is 0.337 e. The Hall–Kier alpha value is -2.36. The predicted octanol–water partition coefficient (Wildman–Crippen LogP) is 2.29. The lowest BCUT2D eigenvalue weighted by Gasteiger charge is -2.26. The van der Waals surface area contributed by atoms with Crippen LogP contribution < -0.4 is 10.2 Å². The smallest absolute Gasteiger partial charge is 0.328 e. The number of hydrogen-bond acceptors (Lipinski definition) is 2. The van der Waals surface area contributed by atoms with E-state index in [2.05, 4.69) is 5.32 Å². The molecule has 0 bridgehead atoms. The standard InChI is InChI=1S/C14H12N2O2/c17-13-8-9-15-14(18)16(13)12-7-3-5-10-4-1-2-6-11(10)12/h1-7H,8-9H2,(H,15,18). The third kappa shape index (κ3) is 1.62. The van der Waals surface area contributed by atoms with Gasteiger partial charge in [-0.1, -0.05) is 36.4 Å². The highest BCUT2D eigenvalue weighted by Gasteiger charge is 2.28. The second-order valence-electron chi connectivity index (χ2n) is 4.21. The van der Waals surface area contributed by atoms with Crippen LogP contribution in [0, 0.1) is 0 Å². The molecule has 3 rings (SSSR count). The van der Waals surface area contributed by atoms with Crippen molar-refractivity contribution in [3.05, 3.63) is 42.5 Å². The minimum absolute atomic E-state index is 0.157. The van der Waals surface area contributed by atoms with Crippen molar-refractivity contribution in [1.82, 2.24) is 5.32 Å². The summed E-state index contributed by atoms with van der Waals surface area (Å²) < 4.78 is 0. The van der Waals surface area contributed by atoms with E-state index in [0.29, 0.717) is 18.7 Å². The molecule has 90 valence electrons. The molecule has 0 saturated carbocycles. The van der Waals surface area contributed by atoms with Gasteiger partial charge < -0.3 is 5.32 Å². The Balaban J connectivity index is 2.19. The first-order valence-electron chi connectivity index (χ1n) is 5.86. The molecule has 2 aromatic carbocycles. The van der Waals surface area contributed by atoms with Crippen LogP contribution in [0.25, 0.3) is 10.8 Å². The molecule has 1 saturated heterocycles. The molecular formula is C14H12N2O2. The maximum absolute atomic E-state index is 11.9. The molecule has 0 aliphatic carbocycles. The van der Waals surface area contributed by atoms with E-state index in [1.54, 1.807) is 6.07 Å². The van der Waals surface area contributed by atoms with E-state index in [1.807, 2.05) is 36.4 Å². The lowest BCUT2D eigenvalue weighted by atomic mass is 10.1. The number of benzene rings is 2. The summed E-state index contributed by atoms with van der Waals surface area (Å²) in [6, 6.07) is 13.0. The average Bonchev–Trinajstić information content (AvgIpc) is 2.39. The summed E-state index contributed by atoms with van der Waals surface area (Å²) in [6.45, 7) is 0.416. The van der Waals surface area contributed by atoms with Crippen LogP contribution in [0.15, 0.2) is 42.5 Å². The van der Waals surface area contributed by atoms with Gasteiger partial charge in [-0.3, -0.25) is 4.79 Å². The van der Waals surface area contributed by atoms with Crippen LogP contribution in [0.5, 0.6) is 0 Å². The lowest BCUT2D eigenvalue weighted by molar-refractivity contribution is -0.118. The molecule has 0 spiro atoms. The van der Waals surface area contributed by atoms with Crippen LogP contribution >= 0.6 is 0 Å². The maximum Gasteiger partial charge on any atom is 0.328 e. The number of fused-ring (bicyclic) bond motifs is 1. The zero-order valence-corrected chi connectivity index (χ0v) is 9.72. The molecule has 4 nitrogen and oxygen atoms in total. The third-order valence-electron chi connectivity index (χ3n) is 3.08. The topological polar surface area (TPSA) is 49.4 Å². The fraction of sp³-hybridized carbons (Fsp3) is 0.143. The predicted molar refractivity (Wildman–Crippen MR) is 69.4 cm³/mol. The summed E-state index contributed by atoms with van der Waals surface area (Å²) in [6.07, 6.45) is 0.342. The summed E-state index contributed by atoms with van der Waals surface area (Å²) in [5, 5.41) is 4.61. The van der Waals surface area contributed by atoms with Crippen molar-refractivity contribution in [2.45, 2.75) is 6.42 Å². The lowest BCUT2D eigenvalue weighted by Crippen LogP contribution is -2.50. The summed E-state index contributed by atoms with van der Waals surface area (Å²) in [5.41, 5.74) is 0.648. The van der Waals surface area contributed by atoms with Gasteiger partial charge in [0.15, 0.2) is 0 Å². The number of imide groups is 1. The van der Waals surface area contributed by atoms with Crippen LogP contribution in [0.3, 0.4) is 0 Å². The molecule has 1 N–H and O–H groups in total. The molecule has 1 aliphatic heterocycles. The van der Waals surface area contributed by atoms with Gasteiger partial charge in [-0.2, -0.15) is 0 Å². The second kappa shape index (κ2) is 4.14. The number of hydrogen-bond donors (Lipinski definition) is 1. The van der Waals surface area contributed by atoms with Gasteiger partial charge in [0, 0.05) is 18.4 Å². The Kier molecular flexibility index (Phi) is 2.48. The number of rotatable bonds is 1. The van der Waals surface area contributed by atoms with Crippen LogP contribution in [0.1, 0.15) is 6.42 Å². The average molecular weight is 240 g/mol. The molecule has 0 unspecified atom stereocenters. The third-order valence-corrected chi connectivity index (χ3v) is 3.08. The van der Waals surface area contributed by atoms with Crippen molar-refractivity contribution in [2.24, 2.45) is 0 Å². The van der Waals surface area contributed by atoms with Gasteiger partial charge in [0.05, 0.1) is 5.69 Å². The molecule has 2 aromatic rings. The molecule has 0 aromatic heterocycles. The van der Waals surface area contributed by atoms with E-state index in [-0.39, 0.29) is 11.9 Å². The highest BCUT2D eigenvalue weighted by atomic mass is 16.2. The number of urea groups is 1. The molecule has 18 heavy (non-hydrogen) atoms. The van der Waals surface area contributed by atoms with Crippen LogP contribution in [-0.4, -0.2) is 18.5 Å². The van der Waals surface area contributed by atoms with E-state index in [0.717, 1.165) is 10.8 Å². The second-order valence-corrected chi connectivity index (χ2v) is 4.21. The van der Waals surface area contributed by atoms with Crippen molar-refractivity contribution >= 4 is 28.4 Å². The van der Waals surface area contributed by atoms with Crippen molar-refractivity contribution in [3.8, 4) is 0 Å². The Bertz CT molecular complexity index is 615. The summed E-state index contributed by atoms with van der Waals surface area (Å²) in [4.78, 5) is 25.0. The van der Waals surface area contributed by atoms with E-state index < -0.39 is 0 Å². The fourth-order valence-corrected chi connectivity index (χ4v) is 2.23. The normalized spacial score (nSPS) is 15.9. The molecule has 1 aliphatic rings. The van der Waals surface area contributed by atoms with Gasteiger partial charge in [0.1, 0.15) is 0 Å². The Morgan fingerprint density at radius 2 is 1.78 bits per heavy atom. The van der Waals surface area contributed by atoms with Crippen molar-refractivity contribution < 1.29 is 9.59 Å². The van der Waals surface area contributed by atoms with E-state index in [4.69, 9.17) is 0 Å². The van der Waals surface area contributed by atoms with Gasteiger partial charge in [0.2, 0.25) is 5.91 Å². The maximum atomic E-state index is 11.9. The minimum Gasteiger partial charge on any atom is -0.337 e. The molecule has 3 amide bonds. The summed E-state index contributed by atoms with van der Waals surface area (Å²) in [5.74, 6) is -0.157. The number of anilines is 1. The zero-order chi connectivity index (χ0) is 12.5. The van der Waals surface area contributed by atoms with Crippen LogP contribution in [0.4, 0.5) is 10.5 Å². The summed E-state index contributed by atoms with van der Waals surface area (Å²) in [7, 11) is 0. The van der Waals surface area contributed by atoms with Crippen molar-refractivity contribution in [2.75, 3.05) is 11.4 Å². The molecule has 0 atom stereocenters. The Labute approximate surface area is 104 Å². The number of amides is 3. The highest BCUT2D eigenvalue weighted by Crippen LogP contribution is 2.28. The first-order valence-corrected chi connectivity index (χ1v) is 5.86. The molecule has 0 radical (unpaired) electrons. The van der Waals surface area contributed by atoms with Crippen molar-refractivity contribution in [3.63, 3.8) is 0 Å². The SMILES string of the molecule is O=C1CCNC(=O)N1c1cccc2ccccc12. The Morgan fingerprint density at radius 3 is 2.61 bits per heavy atom. The van der Waals surface area contributed by atoms with E-state index in [1.165, 1.54) is 4.90 Å². The molecular weight excluding hydrogens is 228 g/mol. The number of carbonyl (C=O) groups is 2. The zero-order valence-electron chi connectivity index (χ0n) is 9.72. The number of nitrogens with zero attached hydrogens (tertiary/aromatic N) is 1. The first-order chi connectivity index (χ1) is 8.77. The Morgan fingerprint density at radius 1 is 1.00 bits per heavy atom. The van der Waals surface area contributed by atoms with E-state index >= 15 is 0 Å². The van der Waals surface area contributed by atoms with Gasteiger partial charge in [-0.05, 0) is 11.5 Å². The monoisotopic (exact) mass is 240 g/mol. The van der Waals surface area contributed by atoms with Crippen LogP contribution in [0.2, 0.25) is 0 Å². The van der Waals surface area contributed by atoms with Gasteiger partial charge >= 0.3 is 6.03 Å². The van der Waals surface area contributed by atoms with E-state index in [9.17, 15) is 9.59 Å². The fourth-order valence-electron chi connectivity index (χ4n) is 2.23. The molecule has 1 fully saturated rings. The van der Waals surface area contributed by atoms with Gasteiger partial charge in [-0.25, -0.2) is 9.69 Å². The van der Waals surface area contributed by atoms with Gasteiger partial charge in [0.25, 0.3) is 0 Å². The highest BCUT2D eigenvalue weighted by molar-refractivity contribution is 6.19. The number of carbonyl (C=O) groups excluding carboxylic acids is 2. The summed E-state index contributed by atoms with van der Waals surface area (Å²) >= 11 is 0. The molecule has 1 heterocycles. The van der Waals surface area contributed by atoms with Crippen molar-refractivity contribution in [1.29, 1.82) is 0 Å². The number of nitrogens with one attached hydrogen (secondary N) is 1. The quantitative estimate of drug-likeness (QED) is 0.831. The van der Waals surface area contributed by atoms with Gasteiger partial charge in [-0.15, -0.1) is 0 Å².